The molecule has 0 bridgehead atoms. The molecule has 0 unspecified atom stereocenters. The summed E-state index contributed by atoms with van der Waals surface area (Å²) >= 11 is 0. The summed E-state index contributed by atoms with van der Waals surface area (Å²) in [7, 11) is 2.13. The molecule has 0 radical (unpaired) electrons. The van der Waals surface area contributed by atoms with Crippen LogP contribution in [0.1, 0.15) is 13.8 Å². The summed E-state index contributed by atoms with van der Waals surface area (Å²) in [6.45, 7) is 9.96. The minimum atomic E-state index is -0.216. The number of carbonyl (C=O) groups excluding carboxylic acids is 1. The van der Waals surface area contributed by atoms with Gasteiger partial charge in [0.15, 0.2) is 12.4 Å². The van der Waals surface area contributed by atoms with Gasteiger partial charge in [0, 0.05) is 62.3 Å². The fraction of sp³-hybridized carbons (Fsp3) is 0.370. The van der Waals surface area contributed by atoms with Crippen LogP contribution in [0.4, 0.5) is 17.2 Å². The van der Waals surface area contributed by atoms with Gasteiger partial charge in [-0.1, -0.05) is 18.2 Å². The normalized spacial score (nSPS) is 14.0. The molecule has 0 saturated carbocycles. The van der Waals surface area contributed by atoms with E-state index >= 15 is 0 Å². The van der Waals surface area contributed by atoms with E-state index in [-0.39, 0.29) is 12.5 Å². The van der Waals surface area contributed by atoms with Crippen LogP contribution in [-0.4, -0.2) is 73.9 Å². The molecular formula is C27H34N6O2. The molecule has 1 aliphatic heterocycles. The van der Waals surface area contributed by atoms with E-state index in [2.05, 4.69) is 51.1 Å². The van der Waals surface area contributed by atoms with E-state index < -0.39 is 0 Å². The highest BCUT2D eigenvalue weighted by molar-refractivity contribution is 5.92. The Kier molecular flexibility index (Phi) is 8.15. The number of ether oxygens (including phenoxy) is 1. The van der Waals surface area contributed by atoms with Gasteiger partial charge in [-0.15, -0.1) is 10.2 Å². The monoisotopic (exact) mass is 474 g/mol. The summed E-state index contributed by atoms with van der Waals surface area (Å²) in [6.07, 6.45) is 0. The molecule has 1 fully saturated rings. The largest absolute Gasteiger partial charge is 0.484 e. The van der Waals surface area contributed by atoms with E-state index in [1.54, 1.807) is 0 Å². The summed E-state index contributed by atoms with van der Waals surface area (Å²) in [6, 6.07) is 19.4. The molecule has 1 N–H and O–H groups in total. The SMILES string of the molecule is CCN(CC)c1cccc(OCC(=O)Nc2cccc(-c3ccc(N4CCN(C)CC4)nn3)c2)c1. The fourth-order valence-corrected chi connectivity index (χ4v) is 4.14. The molecule has 4 rings (SSSR count). The lowest BCUT2D eigenvalue weighted by atomic mass is 10.1. The fourth-order valence-electron chi connectivity index (χ4n) is 4.14. The molecule has 1 saturated heterocycles. The van der Waals surface area contributed by atoms with Crippen molar-refractivity contribution < 1.29 is 9.53 Å². The number of nitrogens with zero attached hydrogens (tertiary/aromatic N) is 5. The van der Waals surface area contributed by atoms with Crippen LogP contribution in [0.15, 0.2) is 60.7 Å². The zero-order valence-corrected chi connectivity index (χ0v) is 20.8. The van der Waals surface area contributed by atoms with Gasteiger partial charge in [-0.25, -0.2) is 0 Å². The summed E-state index contributed by atoms with van der Waals surface area (Å²) in [5, 5.41) is 11.8. The minimum Gasteiger partial charge on any atom is -0.484 e. The first-order valence-electron chi connectivity index (χ1n) is 12.2. The van der Waals surface area contributed by atoms with Crippen molar-refractivity contribution in [2.75, 3.05) is 68.0 Å². The Bertz CT molecular complexity index is 1110. The minimum absolute atomic E-state index is 0.0640. The van der Waals surface area contributed by atoms with Gasteiger partial charge >= 0.3 is 0 Å². The first kappa shape index (κ1) is 24.5. The van der Waals surface area contributed by atoms with Crippen molar-refractivity contribution in [1.29, 1.82) is 0 Å². The Morgan fingerprint density at radius 3 is 2.46 bits per heavy atom. The lowest BCUT2D eigenvalue weighted by molar-refractivity contribution is -0.118. The third kappa shape index (κ3) is 6.48. The number of benzene rings is 2. The molecule has 1 amide bonds. The van der Waals surface area contributed by atoms with Crippen molar-refractivity contribution in [2.45, 2.75) is 13.8 Å². The predicted octanol–water partition coefficient (Wildman–Crippen LogP) is 3.76. The molecule has 8 nitrogen and oxygen atoms in total. The Balaban J connectivity index is 1.34. The van der Waals surface area contributed by atoms with Crippen LogP contribution in [0.25, 0.3) is 11.3 Å². The lowest BCUT2D eigenvalue weighted by Gasteiger charge is -2.32. The number of piperazine rings is 1. The van der Waals surface area contributed by atoms with Gasteiger partial charge in [0.05, 0.1) is 5.69 Å². The predicted molar refractivity (Wildman–Crippen MR) is 141 cm³/mol. The van der Waals surface area contributed by atoms with Crippen LogP contribution < -0.4 is 19.9 Å². The number of carbonyl (C=O) groups is 1. The van der Waals surface area contributed by atoms with Gasteiger partial charge in [-0.05, 0) is 57.3 Å². The molecule has 3 aromatic rings. The molecule has 1 aromatic heterocycles. The summed E-state index contributed by atoms with van der Waals surface area (Å²) in [5.41, 5.74) is 3.44. The molecule has 8 heteroatoms. The van der Waals surface area contributed by atoms with Gasteiger partial charge in [0.25, 0.3) is 5.91 Å². The molecule has 35 heavy (non-hydrogen) atoms. The molecule has 0 spiro atoms. The van der Waals surface area contributed by atoms with Crippen molar-refractivity contribution >= 4 is 23.1 Å². The second kappa shape index (κ2) is 11.7. The van der Waals surface area contributed by atoms with Crippen LogP contribution in [0.3, 0.4) is 0 Å². The van der Waals surface area contributed by atoms with E-state index in [0.29, 0.717) is 11.4 Å². The number of aromatic nitrogens is 2. The van der Waals surface area contributed by atoms with Crippen molar-refractivity contribution in [3.05, 3.63) is 60.7 Å². The topological polar surface area (TPSA) is 73.8 Å². The second-order valence-corrected chi connectivity index (χ2v) is 8.65. The van der Waals surface area contributed by atoms with Gasteiger partial charge in [0.1, 0.15) is 5.75 Å². The Morgan fingerprint density at radius 2 is 1.74 bits per heavy atom. The van der Waals surface area contributed by atoms with Crippen molar-refractivity contribution in [3.8, 4) is 17.0 Å². The van der Waals surface area contributed by atoms with Gasteiger partial charge in [-0.3, -0.25) is 4.79 Å². The van der Waals surface area contributed by atoms with E-state index in [9.17, 15) is 4.79 Å². The van der Waals surface area contributed by atoms with E-state index in [1.807, 2.05) is 60.7 Å². The number of nitrogens with one attached hydrogen (secondary N) is 1. The van der Waals surface area contributed by atoms with Crippen molar-refractivity contribution in [3.63, 3.8) is 0 Å². The maximum absolute atomic E-state index is 12.5. The molecule has 1 aliphatic rings. The van der Waals surface area contributed by atoms with Crippen molar-refractivity contribution in [2.24, 2.45) is 0 Å². The summed E-state index contributed by atoms with van der Waals surface area (Å²) < 4.78 is 5.74. The number of hydrogen-bond donors (Lipinski definition) is 1. The highest BCUT2D eigenvalue weighted by Gasteiger charge is 2.16. The van der Waals surface area contributed by atoms with Crippen LogP contribution in [0, 0.1) is 0 Å². The number of likely N-dealkylation sites (N-methyl/N-ethyl adjacent to an activating group) is 1. The van der Waals surface area contributed by atoms with Gasteiger partial charge in [0.2, 0.25) is 0 Å². The van der Waals surface area contributed by atoms with E-state index in [0.717, 1.165) is 62.0 Å². The Hall–Kier alpha value is -3.65. The third-order valence-corrected chi connectivity index (χ3v) is 6.24. The zero-order valence-electron chi connectivity index (χ0n) is 20.8. The highest BCUT2D eigenvalue weighted by atomic mass is 16.5. The van der Waals surface area contributed by atoms with E-state index in [4.69, 9.17) is 4.74 Å². The summed E-state index contributed by atoms with van der Waals surface area (Å²) in [4.78, 5) is 19.3. The maximum atomic E-state index is 12.5. The maximum Gasteiger partial charge on any atom is 0.262 e. The van der Waals surface area contributed by atoms with E-state index in [1.165, 1.54) is 0 Å². The molecule has 0 aliphatic carbocycles. The molecular weight excluding hydrogens is 440 g/mol. The van der Waals surface area contributed by atoms with Crippen LogP contribution >= 0.6 is 0 Å². The molecule has 2 aromatic carbocycles. The van der Waals surface area contributed by atoms with Gasteiger partial charge < -0.3 is 24.8 Å². The smallest absolute Gasteiger partial charge is 0.262 e. The van der Waals surface area contributed by atoms with Gasteiger partial charge in [-0.2, -0.15) is 0 Å². The first-order valence-corrected chi connectivity index (χ1v) is 12.2. The molecule has 0 atom stereocenters. The first-order chi connectivity index (χ1) is 17.1. The number of amides is 1. The second-order valence-electron chi connectivity index (χ2n) is 8.65. The molecule has 184 valence electrons. The lowest BCUT2D eigenvalue weighted by Crippen LogP contribution is -2.44. The zero-order chi connectivity index (χ0) is 24.6. The molecule has 2 heterocycles. The Morgan fingerprint density at radius 1 is 0.971 bits per heavy atom. The van der Waals surface area contributed by atoms with Crippen LogP contribution in [-0.2, 0) is 4.79 Å². The van der Waals surface area contributed by atoms with Crippen LogP contribution in [0.5, 0.6) is 5.75 Å². The van der Waals surface area contributed by atoms with Crippen molar-refractivity contribution in [1.82, 2.24) is 15.1 Å². The number of rotatable bonds is 9. The third-order valence-electron chi connectivity index (χ3n) is 6.24. The highest BCUT2D eigenvalue weighted by Crippen LogP contribution is 2.23. The average Bonchev–Trinajstić information content (AvgIpc) is 2.89. The summed E-state index contributed by atoms with van der Waals surface area (Å²) in [5.74, 6) is 1.36. The quantitative estimate of drug-likeness (QED) is 0.506. The number of hydrogen-bond acceptors (Lipinski definition) is 7. The Labute approximate surface area is 207 Å². The average molecular weight is 475 g/mol. The number of anilines is 3. The standard InChI is InChI=1S/C27H34N6O2/c1-4-32(5-2)23-10-7-11-24(19-23)35-20-27(34)28-22-9-6-8-21(18-22)25-12-13-26(30-29-25)33-16-14-31(3)15-17-33/h6-13,18-19H,4-5,14-17,20H2,1-3H3,(H,28,34). The van der Waals surface area contributed by atoms with Crippen LogP contribution in [0.2, 0.25) is 0 Å².